The van der Waals surface area contributed by atoms with Crippen molar-refractivity contribution in [2.24, 2.45) is 16.9 Å². The summed E-state index contributed by atoms with van der Waals surface area (Å²) in [5.41, 5.74) is 11.0. The maximum Gasteiger partial charge on any atom is 0.483 e. The molecule has 0 aliphatic heterocycles. The van der Waals surface area contributed by atoms with Crippen molar-refractivity contribution in [1.29, 1.82) is 0 Å². The van der Waals surface area contributed by atoms with Gasteiger partial charge in [-0.15, -0.1) is 0 Å². The highest BCUT2D eigenvalue weighted by molar-refractivity contribution is 6.36. The van der Waals surface area contributed by atoms with Crippen LogP contribution in [0.3, 0.4) is 0 Å². The molecule has 1 aliphatic rings. The van der Waals surface area contributed by atoms with Gasteiger partial charge in [-0.05, 0) is 19.8 Å². The van der Waals surface area contributed by atoms with Gasteiger partial charge in [0.2, 0.25) is 0 Å². The van der Waals surface area contributed by atoms with Gasteiger partial charge in [-0.2, -0.15) is 0 Å². The lowest BCUT2D eigenvalue weighted by molar-refractivity contribution is 0.0851. The van der Waals surface area contributed by atoms with E-state index >= 15 is 0 Å². The van der Waals surface area contributed by atoms with Crippen LogP contribution < -0.4 is 11.5 Å². The normalized spacial score (nSPS) is 20.1. The van der Waals surface area contributed by atoms with Gasteiger partial charge in [-0.1, -0.05) is 0 Å². The van der Waals surface area contributed by atoms with Gasteiger partial charge in [0, 0.05) is 26.2 Å². The predicted octanol–water partition coefficient (Wildman–Crippen LogP) is -0.573. The molecular formula is C8H20N2O3Si. The zero-order valence-electron chi connectivity index (χ0n) is 9.08. The highest BCUT2D eigenvalue weighted by Crippen LogP contribution is 2.51. The van der Waals surface area contributed by atoms with Gasteiger partial charge in [0.05, 0.1) is 5.66 Å². The summed E-state index contributed by atoms with van der Waals surface area (Å²) in [6, 6.07) is 0. The van der Waals surface area contributed by atoms with Crippen molar-refractivity contribution in [3.63, 3.8) is 0 Å². The molecule has 0 aromatic carbocycles. The Bertz CT molecular complexity index is 188. The molecule has 0 saturated heterocycles. The Morgan fingerprint density at radius 2 is 1.79 bits per heavy atom. The van der Waals surface area contributed by atoms with Gasteiger partial charge in [0.15, 0.2) is 0 Å². The minimum Gasteiger partial charge on any atom is -0.379 e. The molecule has 0 atom stereocenters. The summed E-state index contributed by atoms with van der Waals surface area (Å²) in [5.74, 6) is 0. The fourth-order valence-electron chi connectivity index (χ4n) is 1.45. The zero-order chi connectivity index (χ0) is 10.8. The molecule has 1 rings (SSSR count). The molecule has 0 spiro atoms. The van der Waals surface area contributed by atoms with Gasteiger partial charge in [-0.3, -0.25) is 0 Å². The lowest BCUT2D eigenvalue weighted by Gasteiger charge is -2.31. The van der Waals surface area contributed by atoms with Crippen LogP contribution in [0.1, 0.15) is 19.8 Å². The Balaban J connectivity index is 2.38. The molecule has 0 aromatic rings. The van der Waals surface area contributed by atoms with E-state index in [1.54, 1.807) is 14.2 Å². The summed E-state index contributed by atoms with van der Waals surface area (Å²) < 4.78 is 15.6. The molecule has 14 heavy (non-hydrogen) atoms. The van der Waals surface area contributed by atoms with Crippen LogP contribution in [0, 0.1) is 5.41 Å². The Labute approximate surface area is 86.7 Å². The first kappa shape index (κ1) is 12.1. The Morgan fingerprint density at radius 3 is 2.07 bits per heavy atom. The van der Waals surface area contributed by atoms with Crippen LogP contribution in [0.25, 0.3) is 0 Å². The first-order valence-electron chi connectivity index (χ1n) is 4.70. The summed E-state index contributed by atoms with van der Waals surface area (Å²) in [5, 5.41) is 0. The highest BCUT2D eigenvalue weighted by atomic mass is 28.3. The maximum absolute atomic E-state index is 5.88. The molecule has 4 N–H and O–H groups in total. The third-order valence-corrected chi connectivity index (χ3v) is 4.09. The van der Waals surface area contributed by atoms with E-state index in [1.165, 1.54) is 0 Å². The van der Waals surface area contributed by atoms with Crippen molar-refractivity contribution in [1.82, 2.24) is 0 Å². The van der Waals surface area contributed by atoms with Crippen LogP contribution in [-0.4, -0.2) is 36.0 Å². The van der Waals surface area contributed by atoms with E-state index in [9.17, 15) is 0 Å². The minimum absolute atomic E-state index is 0.0741. The van der Waals surface area contributed by atoms with Gasteiger partial charge < -0.3 is 24.7 Å². The fourth-order valence-corrected chi connectivity index (χ4v) is 2.37. The predicted molar refractivity (Wildman–Crippen MR) is 55.6 cm³/mol. The second-order valence-electron chi connectivity index (χ2n) is 4.13. The van der Waals surface area contributed by atoms with E-state index in [4.69, 9.17) is 24.7 Å². The maximum atomic E-state index is 5.88. The molecule has 0 heterocycles. The number of nitrogens with two attached hydrogens (primary N) is 2. The van der Waals surface area contributed by atoms with Crippen LogP contribution in [0.4, 0.5) is 0 Å². The molecule has 0 radical (unpaired) electrons. The zero-order valence-corrected chi connectivity index (χ0v) is 10.2. The summed E-state index contributed by atoms with van der Waals surface area (Å²) in [4.78, 5) is 0. The molecule has 0 amide bonds. The Hall–Kier alpha value is 0.0169. The van der Waals surface area contributed by atoms with E-state index in [0.29, 0.717) is 6.61 Å². The van der Waals surface area contributed by atoms with Crippen molar-refractivity contribution in [2.75, 3.05) is 20.8 Å². The SMILES string of the molecule is CO[SiH](OC)OCC1(C(C)(N)N)CC1. The van der Waals surface area contributed by atoms with Crippen molar-refractivity contribution in [3.05, 3.63) is 0 Å². The fraction of sp³-hybridized carbons (Fsp3) is 1.00. The van der Waals surface area contributed by atoms with Crippen molar-refractivity contribution in [2.45, 2.75) is 25.4 Å². The molecule has 1 fully saturated rings. The van der Waals surface area contributed by atoms with Gasteiger partial charge in [-0.25, -0.2) is 0 Å². The van der Waals surface area contributed by atoms with E-state index in [2.05, 4.69) is 0 Å². The standard InChI is InChI=1S/C8H20N2O3Si/c1-7(9,10)8(4-5-8)6-13-14(11-2)12-3/h14H,4-6,9-10H2,1-3H3. The van der Waals surface area contributed by atoms with Crippen molar-refractivity contribution in [3.8, 4) is 0 Å². The van der Waals surface area contributed by atoms with E-state index in [1.807, 2.05) is 6.92 Å². The van der Waals surface area contributed by atoms with Gasteiger partial charge in [0.25, 0.3) is 0 Å². The molecule has 0 unspecified atom stereocenters. The average molecular weight is 220 g/mol. The number of hydrogen-bond donors (Lipinski definition) is 2. The number of rotatable bonds is 6. The summed E-state index contributed by atoms with van der Waals surface area (Å²) >= 11 is 0. The van der Waals surface area contributed by atoms with Crippen LogP contribution in [0.2, 0.25) is 0 Å². The van der Waals surface area contributed by atoms with E-state index in [-0.39, 0.29) is 5.41 Å². The highest BCUT2D eigenvalue weighted by Gasteiger charge is 2.53. The molecule has 0 bridgehead atoms. The summed E-state index contributed by atoms with van der Waals surface area (Å²) in [7, 11) is 1.24. The molecule has 0 aromatic heterocycles. The third-order valence-electron chi connectivity index (χ3n) is 2.88. The lowest BCUT2D eigenvalue weighted by Crippen LogP contribution is -2.56. The largest absolute Gasteiger partial charge is 0.483 e. The quantitative estimate of drug-likeness (QED) is 0.463. The first-order valence-corrected chi connectivity index (χ1v) is 6.11. The van der Waals surface area contributed by atoms with E-state index in [0.717, 1.165) is 12.8 Å². The lowest BCUT2D eigenvalue weighted by atomic mass is 9.93. The second kappa shape index (κ2) is 4.26. The van der Waals surface area contributed by atoms with Crippen LogP contribution >= 0.6 is 0 Å². The monoisotopic (exact) mass is 220 g/mol. The molecule has 5 nitrogen and oxygen atoms in total. The summed E-state index contributed by atoms with van der Waals surface area (Å²) in [6.45, 7) is 2.37. The third kappa shape index (κ3) is 2.53. The summed E-state index contributed by atoms with van der Waals surface area (Å²) in [6.07, 6.45) is 2.04. The van der Waals surface area contributed by atoms with Crippen LogP contribution in [0.15, 0.2) is 0 Å². The van der Waals surface area contributed by atoms with E-state index < -0.39 is 15.2 Å². The minimum atomic E-state index is -1.93. The van der Waals surface area contributed by atoms with Gasteiger partial charge >= 0.3 is 9.53 Å². The Kier molecular flexibility index (Phi) is 3.67. The molecule has 84 valence electrons. The topological polar surface area (TPSA) is 79.7 Å². The molecular weight excluding hydrogens is 200 g/mol. The average Bonchev–Trinajstić information content (AvgIpc) is 2.86. The number of hydrogen-bond acceptors (Lipinski definition) is 5. The van der Waals surface area contributed by atoms with Crippen LogP contribution in [-0.2, 0) is 13.3 Å². The Morgan fingerprint density at radius 1 is 1.29 bits per heavy atom. The van der Waals surface area contributed by atoms with Crippen molar-refractivity contribution >= 4 is 9.53 Å². The van der Waals surface area contributed by atoms with Crippen molar-refractivity contribution < 1.29 is 13.3 Å². The van der Waals surface area contributed by atoms with Gasteiger partial charge in [0.1, 0.15) is 0 Å². The molecule has 6 heteroatoms. The first-order chi connectivity index (χ1) is 6.45. The second-order valence-corrected chi connectivity index (χ2v) is 5.99. The molecule has 1 saturated carbocycles. The smallest absolute Gasteiger partial charge is 0.379 e. The van der Waals surface area contributed by atoms with Crippen LogP contribution in [0.5, 0.6) is 0 Å². The molecule has 1 aliphatic carbocycles.